The molecule has 0 bridgehead atoms. The van der Waals surface area contributed by atoms with Gasteiger partial charge >= 0.3 is 0 Å². The van der Waals surface area contributed by atoms with Crippen molar-refractivity contribution in [1.82, 2.24) is 0 Å². The average Bonchev–Trinajstić information content (AvgIpc) is 2.09. The van der Waals surface area contributed by atoms with Gasteiger partial charge in [0, 0.05) is 0 Å². The van der Waals surface area contributed by atoms with Crippen LogP contribution in [-0.4, -0.2) is 0 Å². The zero-order chi connectivity index (χ0) is 9.40. The van der Waals surface area contributed by atoms with Crippen molar-refractivity contribution in [2.45, 2.75) is 47.0 Å². The smallest absolute Gasteiger partial charge is 0.0221 e. The van der Waals surface area contributed by atoms with Crippen molar-refractivity contribution in [2.24, 2.45) is 5.92 Å². The summed E-state index contributed by atoms with van der Waals surface area (Å²) in [6.07, 6.45) is 10.7. The van der Waals surface area contributed by atoms with E-state index in [1.807, 2.05) is 13.8 Å². The Bertz CT molecular complexity index is 151. The highest BCUT2D eigenvalue weighted by molar-refractivity contribution is 5.23. The third-order valence-corrected chi connectivity index (χ3v) is 1.88. The molecule has 70 valence electrons. The van der Waals surface area contributed by atoms with Crippen LogP contribution >= 0.6 is 0 Å². The zero-order valence-electron chi connectivity index (χ0n) is 8.93. The van der Waals surface area contributed by atoms with Gasteiger partial charge in [-0.15, -0.1) is 0 Å². The zero-order valence-corrected chi connectivity index (χ0v) is 8.93. The van der Waals surface area contributed by atoms with Gasteiger partial charge in [0.2, 0.25) is 0 Å². The monoisotopic (exact) mass is 166 g/mol. The molecule has 1 aliphatic carbocycles. The summed E-state index contributed by atoms with van der Waals surface area (Å²) in [5.41, 5.74) is 1.53. The summed E-state index contributed by atoms with van der Waals surface area (Å²) in [6, 6.07) is 0. The van der Waals surface area contributed by atoms with Gasteiger partial charge < -0.3 is 0 Å². The fourth-order valence-corrected chi connectivity index (χ4v) is 1.38. The second-order valence-electron chi connectivity index (χ2n) is 3.11. The van der Waals surface area contributed by atoms with E-state index in [0.717, 1.165) is 5.92 Å². The van der Waals surface area contributed by atoms with Crippen molar-refractivity contribution < 1.29 is 0 Å². The minimum Gasteiger partial charge on any atom is -0.0837 e. The first kappa shape index (κ1) is 11.5. The van der Waals surface area contributed by atoms with Crippen molar-refractivity contribution in [1.29, 1.82) is 0 Å². The highest BCUT2D eigenvalue weighted by Crippen LogP contribution is 2.18. The normalized spacial score (nSPS) is 21.0. The molecule has 1 aliphatic rings. The van der Waals surface area contributed by atoms with Crippen LogP contribution in [0.3, 0.4) is 0 Å². The van der Waals surface area contributed by atoms with Crippen LogP contribution in [0.15, 0.2) is 23.8 Å². The fraction of sp³-hybridized carbons (Fsp3) is 0.667. The average molecular weight is 166 g/mol. The molecular weight excluding hydrogens is 144 g/mol. The van der Waals surface area contributed by atoms with Crippen molar-refractivity contribution in [2.75, 3.05) is 0 Å². The molecule has 1 atom stereocenters. The molecule has 1 rings (SSSR count). The largest absolute Gasteiger partial charge is 0.0837 e. The number of rotatable bonds is 2. The van der Waals surface area contributed by atoms with E-state index in [-0.39, 0.29) is 0 Å². The Kier molecular flexibility index (Phi) is 6.84. The van der Waals surface area contributed by atoms with Crippen LogP contribution in [0.1, 0.15) is 47.0 Å². The predicted octanol–water partition coefficient (Wildman–Crippen LogP) is 4.34. The van der Waals surface area contributed by atoms with Crippen LogP contribution in [0.5, 0.6) is 0 Å². The van der Waals surface area contributed by atoms with Crippen LogP contribution in [0.4, 0.5) is 0 Å². The molecule has 0 N–H and O–H groups in total. The third kappa shape index (κ3) is 4.38. The Labute approximate surface area is 77.4 Å². The molecular formula is C12H22. The molecule has 0 aromatic rings. The van der Waals surface area contributed by atoms with E-state index in [1.165, 1.54) is 24.8 Å². The first-order valence-electron chi connectivity index (χ1n) is 5.20. The molecule has 0 heteroatoms. The van der Waals surface area contributed by atoms with Gasteiger partial charge in [0.25, 0.3) is 0 Å². The van der Waals surface area contributed by atoms with Crippen LogP contribution in [0.2, 0.25) is 0 Å². The fourth-order valence-electron chi connectivity index (χ4n) is 1.38. The molecule has 0 aliphatic heterocycles. The van der Waals surface area contributed by atoms with E-state index in [1.54, 1.807) is 0 Å². The summed E-state index contributed by atoms with van der Waals surface area (Å²) in [4.78, 5) is 0. The molecule has 0 radical (unpaired) electrons. The molecule has 0 aromatic carbocycles. The second kappa shape index (κ2) is 7.15. The van der Waals surface area contributed by atoms with Crippen LogP contribution in [-0.2, 0) is 0 Å². The molecule has 0 saturated heterocycles. The number of allylic oxidation sites excluding steroid dienone is 4. The Morgan fingerprint density at radius 2 is 2.08 bits per heavy atom. The first-order chi connectivity index (χ1) is 5.83. The highest BCUT2D eigenvalue weighted by atomic mass is 14.1. The Morgan fingerprint density at radius 3 is 2.58 bits per heavy atom. The summed E-state index contributed by atoms with van der Waals surface area (Å²) in [5.74, 6) is 0.770. The quantitative estimate of drug-likeness (QED) is 0.572. The first-order valence-corrected chi connectivity index (χ1v) is 5.20. The summed E-state index contributed by atoms with van der Waals surface area (Å²) in [5, 5.41) is 0. The molecule has 0 nitrogen and oxygen atoms in total. The summed E-state index contributed by atoms with van der Waals surface area (Å²) < 4.78 is 0. The van der Waals surface area contributed by atoms with Crippen LogP contribution < -0.4 is 0 Å². The molecule has 0 heterocycles. The maximum absolute atomic E-state index is 2.39. The third-order valence-electron chi connectivity index (χ3n) is 1.88. The molecule has 0 fully saturated rings. The molecule has 1 unspecified atom stereocenters. The molecule has 12 heavy (non-hydrogen) atoms. The predicted molar refractivity (Wildman–Crippen MR) is 57.3 cm³/mol. The Hall–Kier alpha value is -0.520. The van der Waals surface area contributed by atoms with E-state index < -0.39 is 0 Å². The van der Waals surface area contributed by atoms with Gasteiger partial charge in [-0.1, -0.05) is 57.9 Å². The van der Waals surface area contributed by atoms with Crippen LogP contribution in [0, 0.1) is 5.92 Å². The number of hydrogen-bond donors (Lipinski definition) is 0. The van der Waals surface area contributed by atoms with Gasteiger partial charge in [-0.2, -0.15) is 0 Å². The van der Waals surface area contributed by atoms with Crippen molar-refractivity contribution >= 4 is 0 Å². The van der Waals surface area contributed by atoms with Gasteiger partial charge in [0.05, 0.1) is 0 Å². The van der Waals surface area contributed by atoms with Gasteiger partial charge in [-0.25, -0.2) is 0 Å². The van der Waals surface area contributed by atoms with Crippen molar-refractivity contribution in [3.8, 4) is 0 Å². The van der Waals surface area contributed by atoms with Gasteiger partial charge in [0.15, 0.2) is 0 Å². The van der Waals surface area contributed by atoms with Gasteiger partial charge in [-0.3, -0.25) is 0 Å². The minimum absolute atomic E-state index is 0.770. The van der Waals surface area contributed by atoms with E-state index in [9.17, 15) is 0 Å². The lowest BCUT2D eigenvalue weighted by molar-refractivity contribution is 0.718. The molecule has 0 saturated carbocycles. The maximum Gasteiger partial charge on any atom is -0.0221 e. The topological polar surface area (TPSA) is 0 Å². The minimum atomic E-state index is 0.770. The summed E-state index contributed by atoms with van der Waals surface area (Å²) in [6.45, 7) is 8.51. The summed E-state index contributed by atoms with van der Waals surface area (Å²) >= 11 is 0. The van der Waals surface area contributed by atoms with Crippen molar-refractivity contribution in [3.05, 3.63) is 23.8 Å². The van der Waals surface area contributed by atoms with E-state index in [4.69, 9.17) is 0 Å². The van der Waals surface area contributed by atoms with Gasteiger partial charge in [-0.05, 0) is 18.8 Å². The number of hydrogen-bond acceptors (Lipinski definition) is 0. The van der Waals surface area contributed by atoms with E-state index in [2.05, 4.69) is 32.1 Å². The SMILES string of the molecule is CC.CCCC1=CC(C)CC=C1. The lowest BCUT2D eigenvalue weighted by Gasteiger charge is -2.10. The van der Waals surface area contributed by atoms with Gasteiger partial charge in [0.1, 0.15) is 0 Å². The molecule has 0 spiro atoms. The highest BCUT2D eigenvalue weighted by Gasteiger charge is 2.01. The lowest BCUT2D eigenvalue weighted by atomic mass is 9.96. The Balaban J connectivity index is 0.000000561. The molecule has 0 amide bonds. The van der Waals surface area contributed by atoms with Crippen LogP contribution in [0.25, 0.3) is 0 Å². The van der Waals surface area contributed by atoms with Crippen molar-refractivity contribution in [3.63, 3.8) is 0 Å². The molecule has 0 aromatic heterocycles. The Morgan fingerprint density at radius 1 is 1.42 bits per heavy atom. The maximum atomic E-state index is 2.39. The summed E-state index contributed by atoms with van der Waals surface area (Å²) in [7, 11) is 0. The lowest BCUT2D eigenvalue weighted by Crippen LogP contribution is -1.94. The van der Waals surface area contributed by atoms with E-state index in [0.29, 0.717) is 0 Å². The second-order valence-corrected chi connectivity index (χ2v) is 3.11. The standard InChI is InChI=1S/C10H16.C2H6/c1-3-5-10-7-4-6-9(2)8-10;1-2/h4,7-9H,3,5-6H2,1-2H3;1-2H3. The van der Waals surface area contributed by atoms with E-state index >= 15 is 0 Å².